The van der Waals surface area contributed by atoms with Gasteiger partial charge in [-0.1, -0.05) is 30.9 Å². The predicted molar refractivity (Wildman–Crippen MR) is 90.8 cm³/mol. The number of hydrogen-bond acceptors (Lipinski definition) is 2. The van der Waals surface area contributed by atoms with E-state index in [0.717, 1.165) is 19.3 Å². The van der Waals surface area contributed by atoms with Crippen molar-refractivity contribution in [1.29, 1.82) is 0 Å². The van der Waals surface area contributed by atoms with E-state index in [-0.39, 0.29) is 17.8 Å². The summed E-state index contributed by atoms with van der Waals surface area (Å²) in [5.41, 5.74) is 0.753. The minimum Gasteiger partial charge on any atom is -0.377 e. The van der Waals surface area contributed by atoms with Gasteiger partial charge in [0.05, 0.1) is 0 Å². The van der Waals surface area contributed by atoms with Crippen molar-refractivity contribution >= 4 is 5.78 Å². The van der Waals surface area contributed by atoms with Crippen molar-refractivity contribution in [3.8, 4) is 12.3 Å². The third kappa shape index (κ3) is 1.96. The number of alkyl halides is 1. The molecule has 0 spiro atoms. The van der Waals surface area contributed by atoms with Gasteiger partial charge in [0.15, 0.2) is 0 Å². The van der Waals surface area contributed by atoms with Crippen LogP contribution in [-0.2, 0) is 4.79 Å². The molecule has 2 fully saturated rings. The molecule has 2 nitrogen and oxygen atoms in total. The molecule has 4 aliphatic carbocycles. The van der Waals surface area contributed by atoms with Crippen LogP contribution < -0.4 is 0 Å². The predicted octanol–water partition coefficient (Wildman–Crippen LogP) is 3.83. The highest BCUT2D eigenvalue weighted by molar-refractivity contribution is 5.82. The smallest absolute Gasteiger partial charge is 0.137 e. The molecule has 0 unspecified atom stereocenters. The summed E-state index contributed by atoms with van der Waals surface area (Å²) in [6.07, 6.45) is 9.27. The van der Waals surface area contributed by atoms with E-state index in [9.17, 15) is 9.90 Å². The molecule has 4 rings (SSSR count). The first kappa shape index (κ1) is 16.3. The number of Topliss-reactive ketones (excluding diaryl/α,β-unsaturated/α-hetero) is 1. The summed E-state index contributed by atoms with van der Waals surface area (Å²) in [5.74, 6) is 3.72. The molecule has 2 saturated carbocycles. The maximum atomic E-state index is 15.4. The van der Waals surface area contributed by atoms with E-state index >= 15 is 4.39 Å². The first-order valence-electron chi connectivity index (χ1n) is 9.37. The Morgan fingerprint density at radius 1 is 1.38 bits per heavy atom. The fraction of sp³-hybridized carbons (Fsp3) is 0.762. The summed E-state index contributed by atoms with van der Waals surface area (Å²) in [7, 11) is 0. The van der Waals surface area contributed by atoms with Crippen LogP contribution in [0, 0.1) is 41.4 Å². The van der Waals surface area contributed by atoms with E-state index in [2.05, 4.69) is 12.8 Å². The lowest BCUT2D eigenvalue weighted by Gasteiger charge is -2.56. The zero-order chi connectivity index (χ0) is 17.3. The molecule has 3 heteroatoms. The van der Waals surface area contributed by atoms with E-state index in [1.54, 1.807) is 0 Å². The van der Waals surface area contributed by atoms with Gasteiger partial charge >= 0.3 is 0 Å². The lowest BCUT2D eigenvalue weighted by molar-refractivity contribution is -0.121. The van der Waals surface area contributed by atoms with E-state index in [0.29, 0.717) is 37.4 Å². The minimum atomic E-state index is -1.18. The number of terminal acetylenes is 1. The number of hydrogen-bond donors (Lipinski definition) is 1. The van der Waals surface area contributed by atoms with Crippen molar-refractivity contribution in [1.82, 2.24) is 0 Å². The molecular formula is C21H27FO2. The number of fused-ring (bicyclic) bond motifs is 4. The molecule has 0 saturated heterocycles. The van der Waals surface area contributed by atoms with Crippen LogP contribution in [0.5, 0.6) is 0 Å². The number of allylic oxidation sites excluding steroid dienone is 2. The Labute approximate surface area is 143 Å². The van der Waals surface area contributed by atoms with Crippen LogP contribution in [0.15, 0.2) is 11.1 Å². The van der Waals surface area contributed by atoms with Gasteiger partial charge in [0, 0.05) is 24.2 Å². The lowest BCUT2D eigenvalue weighted by Crippen LogP contribution is -2.56. The molecule has 0 bridgehead atoms. The van der Waals surface area contributed by atoms with Gasteiger partial charge in [-0.05, 0) is 49.9 Å². The largest absolute Gasteiger partial charge is 0.377 e. The zero-order valence-corrected chi connectivity index (χ0v) is 14.6. The summed E-state index contributed by atoms with van der Waals surface area (Å²) in [6.45, 7) is 4.21. The van der Waals surface area contributed by atoms with E-state index in [4.69, 9.17) is 6.42 Å². The summed E-state index contributed by atoms with van der Waals surface area (Å²) >= 11 is 0. The number of carbonyl (C=O) groups excluding carboxylic acids is 1. The molecule has 0 radical (unpaired) electrons. The van der Waals surface area contributed by atoms with Crippen LogP contribution in [0.3, 0.4) is 0 Å². The highest BCUT2D eigenvalue weighted by atomic mass is 19.1. The molecule has 7 atom stereocenters. The molecular weight excluding hydrogens is 303 g/mol. The average Bonchev–Trinajstić information content (AvgIpc) is 2.79. The third-order valence-corrected chi connectivity index (χ3v) is 7.87. The second-order valence-corrected chi connectivity index (χ2v) is 8.92. The third-order valence-electron chi connectivity index (χ3n) is 7.87. The van der Waals surface area contributed by atoms with Crippen molar-refractivity contribution in [3.63, 3.8) is 0 Å². The van der Waals surface area contributed by atoms with E-state index in [1.807, 2.05) is 6.92 Å². The summed E-state index contributed by atoms with van der Waals surface area (Å²) in [6, 6.07) is 0. The summed E-state index contributed by atoms with van der Waals surface area (Å²) in [4.78, 5) is 11.8. The molecule has 0 aromatic carbocycles. The van der Waals surface area contributed by atoms with Crippen molar-refractivity contribution in [2.45, 2.75) is 70.6 Å². The van der Waals surface area contributed by atoms with Crippen LogP contribution in [0.25, 0.3) is 0 Å². The van der Waals surface area contributed by atoms with Crippen molar-refractivity contribution in [2.24, 2.45) is 29.1 Å². The maximum absolute atomic E-state index is 15.4. The Kier molecular flexibility index (Phi) is 3.52. The molecule has 130 valence electrons. The second kappa shape index (κ2) is 5.18. The Morgan fingerprint density at radius 3 is 2.83 bits per heavy atom. The van der Waals surface area contributed by atoms with E-state index < -0.39 is 17.2 Å². The second-order valence-electron chi connectivity index (χ2n) is 8.92. The summed E-state index contributed by atoms with van der Waals surface area (Å²) in [5, 5.41) is 11.0. The zero-order valence-electron chi connectivity index (χ0n) is 14.6. The molecule has 0 aromatic heterocycles. The van der Waals surface area contributed by atoms with Gasteiger partial charge in [0.25, 0.3) is 0 Å². The van der Waals surface area contributed by atoms with Crippen LogP contribution in [-0.4, -0.2) is 22.7 Å². The fourth-order valence-electron chi connectivity index (χ4n) is 6.70. The highest BCUT2D eigenvalue weighted by Crippen LogP contribution is 2.65. The van der Waals surface area contributed by atoms with Gasteiger partial charge in [-0.2, -0.15) is 0 Å². The van der Waals surface area contributed by atoms with E-state index in [1.165, 1.54) is 11.1 Å². The van der Waals surface area contributed by atoms with Crippen LogP contribution in [0.4, 0.5) is 4.39 Å². The van der Waals surface area contributed by atoms with Crippen molar-refractivity contribution < 1.29 is 14.3 Å². The Balaban J connectivity index is 1.77. The molecule has 1 N–H and O–H groups in total. The average molecular weight is 330 g/mol. The monoisotopic (exact) mass is 330 g/mol. The highest BCUT2D eigenvalue weighted by Gasteiger charge is 2.65. The number of halogens is 1. The molecule has 0 amide bonds. The van der Waals surface area contributed by atoms with Gasteiger partial charge < -0.3 is 5.11 Å². The fourth-order valence-corrected chi connectivity index (χ4v) is 6.70. The van der Waals surface area contributed by atoms with Gasteiger partial charge in [-0.25, -0.2) is 4.39 Å². The SMILES string of the molecule is C#C[C@]1(O)CC[C@H]2[C@H]3[C@@H](C4=C(CC(=O)CC4)C[C@H]3C)[C@@H](F)C[C@@]21C. The first-order valence-corrected chi connectivity index (χ1v) is 9.37. The number of aliphatic hydroxyl groups is 1. The van der Waals surface area contributed by atoms with Crippen LogP contribution in [0.1, 0.15) is 58.8 Å². The van der Waals surface area contributed by atoms with Gasteiger partial charge in [0.2, 0.25) is 0 Å². The minimum absolute atomic E-state index is 0.0601. The van der Waals surface area contributed by atoms with Crippen LogP contribution in [0.2, 0.25) is 0 Å². The van der Waals surface area contributed by atoms with Crippen LogP contribution >= 0.6 is 0 Å². The lowest BCUT2D eigenvalue weighted by atomic mass is 9.49. The molecule has 4 aliphatic rings. The van der Waals surface area contributed by atoms with Gasteiger partial charge in [-0.3, -0.25) is 4.79 Å². The summed E-state index contributed by atoms with van der Waals surface area (Å²) < 4.78 is 15.4. The van der Waals surface area contributed by atoms with Crippen molar-refractivity contribution in [3.05, 3.63) is 11.1 Å². The normalized spacial score (nSPS) is 50.8. The maximum Gasteiger partial charge on any atom is 0.137 e. The van der Waals surface area contributed by atoms with Gasteiger partial charge in [0.1, 0.15) is 17.6 Å². The quantitative estimate of drug-likeness (QED) is 0.541. The Hall–Kier alpha value is -1.14. The van der Waals surface area contributed by atoms with Gasteiger partial charge in [-0.15, -0.1) is 6.42 Å². The molecule has 0 aromatic rings. The topological polar surface area (TPSA) is 37.3 Å². The molecule has 0 heterocycles. The number of carbonyl (C=O) groups is 1. The molecule has 0 aliphatic heterocycles. The number of ketones is 1. The first-order chi connectivity index (χ1) is 11.3. The molecule has 24 heavy (non-hydrogen) atoms. The van der Waals surface area contributed by atoms with Crippen molar-refractivity contribution in [2.75, 3.05) is 0 Å². The Bertz CT molecular complexity index is 659. The Morgan fingerprint density at radius 2 is 2.12 bits per heavy atom. The standard InChI is InChI=1S/C21H27FO2/c1-4-21(24)8-7-16-18-12(2)9-13-10-14(23)5-6-15(13)19(18)17(22)11-20(16,21)3/h1,12,16-19,24H,5-11H2,2-3H3/t12-,16+,17+,18+,19+,20+,21+/m1/s1. The number of rotatable bonds is 0.